The summed E-state index contributed by atoms with van der Waals surface area (Å²) in [7, 11) is 0. The quantitative estimate of drug-likeness (QED) is 0.160. The molecule has 0 radical (unpaired) electrons. The summed E-state index contributed by atoms with van der Waals surface area (Å²) in [6, 6.07) is 15.7. The number of carbonyl (C=O) groups is 3. The van der Waals surface area contributed by atoms with Gasteiger partial charge in [-0.05, 0) is 88.1 Å². The van der Waals surface area contributed by atoms with Crippen molar-refractivity contribution in [2.45, 2.75) is 71.2 Å². The number of fused-ring (bicyclic) bond motifs is 1. The third-order valence-corrected chi connectivity index (χ3v) is 7.59. The zero-order chi connectivity index (χ0) is 29.9. The van der Waals surface area contributed by atoms with Crippen molar-refractivity contribution in [1.29, 1.82) is 0 Å². The van der Waals surface area contributed by atoms with Gasteiger partial charge in [0.05, 0.1) is 6.10 Å². The van der Waals surface area contributed by atoms with Crippen LogP contribution in [0.5, 0.6) is 0 Å². The number of hydrogen-bond acceptors (Lipinski definition) is 6. The molecule has 0 bridgehead atoms. The van der Waals surface area contributed by atoms with Crippen LogP contribution < -0.4 is 0 Å². The Kier molecular flexibility index (Phi) is 11.1. The van der Waals surface area contributed by atoms with Crippen molar-refractivity contribution >= 4 is 30.1 Å². The van der Waals surface area contributed by atoms with Crippen LogP contribution in [0.25, 0.3) is 12.2 Å². The lowest BCUT2D eigenvalue weighted by Crippen LogP contribution is -2.27. The van der Waals surface area contributed by atoms with E-state index in [-0.39, 0.29) is 24.0 Å². The highest BCUT2D eigenvalue weighted by molar-refractivity contribution is 5.88. The Morgan fingerprint density at radius 3 is 2.17 bits per heavy atom. The van der Waals surface area contributed by atoms with Gasteiger partial charge in [-0.2, -0.15) is 0 Å². The molecule has 0 amide bonds. The van der Waals surface area contributed by atoms with Gasteiger partial charge in [-0.3, -0.25) is 0 Å². The molecule has 2 aromatic rings. The Morgan fingerprint density at radius 2 is 1.52 bits per heavy atom. The Labute approximate surface area is 248 Å². The largest absolute Gasteiger partial charge is 0.460 e. The van der Waals surface area contributed by atoms with E-state index in [0.29, 0.717) is 12.8 Å². The van der Waals surface area contributed by atoms with Gasteiger partial charge in [0.25, 0.3) is 0 Å². The molecule has 4 rings (SSSR count). The number of aryl methyl sites for hydroxylation is 2. The van der Waals surface area contributed by atoms with Gasteiger partial charge >= 0.3 is 17.9 Å². The molecule has 2 aromatic carbocycles. The molecule has 1 fully saturated rings. The van der Waals surface area contributed by atoms with E-state index < -0.39 is 24.0 Å². The number of benzene rings is 2. The Hall–Kier alpha value is -4.19. The van der Waals surface area contributed by atoms with Gasteiger partial charge in [0, 0.05) is 24.1 Å². The number of hydrogen-bond donors (Lipinski definition) is 0. The average Bonchev–Trinajstić information content (AvgIpc) is 3.34. The van der Waals surface area contributed by atoms with Crippen LogP contribution in [0.4, 0.5) is 0 Å². The first-order valence-electron chi connectivity index (χ1n) is 14.7. The predicted octanol–water partition coefficient (Wildman–Crippen LogP) is 7.11. The van der Waals surface area contributed by atoms with Gasteiger partial charge in [-0.15, -0.1) is 0 Å². The summed E-state index contributed by atoms with van der Waals surface area (Å²) in [4.78, 5) is 38.2. The number of ether oxygens (including phenoxy) is 3. The van der Waals surface area contributed by atoms with Gasteiger partial charge in [-0.25, -0.2) is 14.4 Å². The summed E-state index contributed by atoms with van der Waals surface area (Å²) in [5.41, 5.74) is 4.02. The normalized spacial score (nSPS) is 26.4. The molecule has 0 N–H and O–H groups in total. The molecule has 5 atom stereocenters. The van der Waals surface area contributed by atoms with Crippen LogP contribution in [-0.2, 0) is 28.6 Å². The number of esters is 3. The van der Waals surface area contributed by atoms with Crippen LogP contribution in [0.3, 0.4) is 0 Å². The molecular formula is C36H40O6. The maximum atomic E-state index is 13.0. The van der Waals surface area contributed by atoms with Gasteiger partial charge < -0.3 is 14.2 Å². The number of cyclic esters (lactones) is 1. The number of carbonyl (C=O) groups excluding carboxylic acids is 3. The summed E-state index contributed by atoms with van der Waals surface area (Å²) in [6.45, 7) is 5.87. The fourth-order valence-electron chi connectivity index (χ4n) is 5.53. The molecule has 2 aliphatic rings. The lowest BCUT2D eigenvalue weighted by Gasteiger charge is -2.24. The highest BCUT2D eigenvalue weighted by atomic mass is 16.6. The van der Waals surface area contributed by atoms with Crippen molar-refractivity contribution in [1.82, 2.24) is 0 Å². The van der Waals surface area contributed by atoms with Crippen molar-refractivity contribution in [3.8, 4) is 0 Å². The third kappa shape index (κ3) is 9.72. The molecule has 0 spiro atoms. The van der Waals surface area contributed by atoms with Gasteiger partial charge in [-0.1, -0.05) is 71.8 Å². The SMILES string of the molecule is Cc1cccc(/C=C/C(=O)O[C@@H]2C[C@@H]3[C@H](/C=C/CCC[C@H](C)OC(=O)/C=C/[C@H]3OC(=O)/C=C/c3cccc(C)c3)C2)c1. The van der Waals surface area contributed by atoms with Crippen LogP contribution in [0, 0.1) is 25.7 Å². The van der Waals surface area contributed by atoms with Crippen molar-refractivity contribution in [3.63, 3.8) is 0 Å². The van der Waals surface area contributed by atoms with Crippen molar-refractivity contribution in [2.24, 2.45) is 11.8 Å². The Morgan fingerprint density at radius 1 is 0.881 bits per heavy atom. The minimum atomic E-state index is -0.704. The van der Waals surface area contributed by atoms with E-state index in [2.05, 4.69) is 12.2 Å². The summed E-state index contributed by atoms with van der Waals surface area (Å²) >= 11 is 0. The second kappa shape index (κ2) is 15.2. The Bertz CT molecular complexity index is 1370. The van der Waals surface area contributed by atoms with E-state index in [1.54, 1.807) is 18.2 Å². The first-order valence-corrected chi connectivity index (χ1v) is 14.7. The standard InChI is InChI=1S/C36H40O6/c1-25-9-7-12-28(21-25)15-18-35(38)41-31-23-30-14-6-4-5-11-27(3)40-34(37)20-17-33(32(30)24-31)42-36(39)19-16-29-13-8-10-26(2)22-29/h6-10,12-22,27,30-33H,4-5,11,23-24H2,1-3H3/b14-6+,18-15+,19-16+,20-17+/t27-,30+,31-,32+,33+/m0/s1. The second-order valence-corrected chi connectivity index (χ2v) is 11.2. The number of rotatable bonds is 6. The smallest absolute Gasteiger partial charge is 0.331 e. The molecule has 0 aromatic heterocycles. The van der Waals surface area contributed by atoms with E-state index in [1.807, 2.05) is 69.3 Å². The minimum absolute atomic E-state index is 0.000881. The van der Waals surface area contributed by atoms with Gasteiger partial charge in [0.15, 0.2) is 0 Å². The van der Waals surface area contributed by atoms with Crippen LogP contribution in [-0.4, -0.2) is 36.2 Å². The number of allylic oxidation sites excluding steroid dienone is 2. The maximum absolute atomic E-state index is 13.0. The maximum Gasteiger partial charge on any atom is 0.331 e. The third-order valence-electron chi connectivity index (χ3n) is 7.59. The van der Waals surface area contributed by atoms with Gasteiger partial charge in [0.1, 0.15) is 12.2 Å². The van der Waals surface area contributed by atoms with E-state index in [1.165, 1.54) is 18.2 Å². The highest BCUT2D eigenvalue weighted by Crippen LogP contribution is 2.39. The zero-order valence-electron chi connectivity index (χ0n) is 24.6. The molecule has 42 heavy (non-hydrogen) atoms. The summed E-state index contributed by atoms with van der Waals surface area (Å²) in [6.07, 6.45) is 15.9. The van der Waals surface area contributed by atoms with Crippen LogP contribution in [0.1, 0.15) is 61.3 Å². The minimum Gasteiger partial charge on any atom is -0.460 e. The van der Waals surface area contributed by atoms with E-state index >= 15 is 0 Å². The predicted molar refractivity (Wildman–Crippen MR) is 164 cm³/mol. The van der Waals surface area contributed by atoms with Crippen LogP contribution in [0.15, 0.2) is 85.0 Å². The molecular weight excluding hydrogens is 528 g/mol. The molecule has 1 saturated carbocycles. The van der Waals surface area contributed by atoms with Crippen LogP contribution in [0.2, 0.25) is 0 Å². The molecule has 1 aliphatic carbocycles. The molecule has 0 saturated heterocycles. The Balaban J connectivity index is 1.51. The molecule has 1 aliphatic heterocycles. The summed E-state index contributed by atoms with van der Waals surface area (Å²) in [5.74, 6) is -1.58. The van der Waals surface area contributed by atoms with E-state index in [0.717, 1.165) is 41.5 Å². The topological polar surface area (TPSA) is 78.9 Å². The molecule has 0 unspecified atom stereocenters. The monoisotopic (exact) mass is 568 g/mol. The van der Waals surface area contributed by atoms with Gasteiger partial charge in [0.2, 0.25) is 0 Å². The van der Waals surface area contributed by atoms with Crippen LogP contribution >= 0.6 is 0 Å². The summed E-state index contributed by atoms with van der Waals surface area (Å²) in [5, 5.41) is 0. The lowest BCUT2D eigenvalue weighted by molar-refractivity contribution is -0.146. The molecule has 6 heteroatoms. The van der Waals surface area contributed by atoms with Crippen molar-refractivity contribution in [3.05, 3.63) is 107 Å². The highest BCUT2D eigenvalue weighted by Gasteiger charge is 2.40. The van der Waals surface area contributed by atoms with Crippen molar-refractivity contribution in [2.75, 3.05) is 0 Å². The van der Waals surface area contributed by atoms with E-state index in [9.17, 15) is 14.4 Å². The first-order chi connectivity index (χ1) is 20.2. The average molecular weight is 569 g/mol. The molecule has 6 nitrogen and oxygen atoms in total. The molecule has 1 heterocycles. The lowest BCUT2D eigenvalue weighted by atomic mass is 9.89. The second-order valence-electron chi connectivity index (χ2n) is 11.2. The van der Waals surface area contributed by atoms with Crippen molar-refractivity contribution < 1.29 is 28.6 Å². The fraction of sp³-hybridized carbons (Fsp3) is 0.361. The fourth-order valence-corrected chi connectivity index (χ4v) is 5.53. The first kappa shape index (κ1) is 30.8. The summed E-state index contributed by atoms with van der Waals surface area (Å²) < 4.78 is 17.3. The zero-order valence-corrected chi connectivity index (χ0v) is 24.6. The van der Waals surface area contributed by atoms with E-state index in [4.69, 9.17) is 14.2 Å². The molecule has 220 valence electrons.